The number of nitro groups is 1. The summed E-state index contributed by atoms with van der Waals surface area (Å²) < 4.78 is 18.1. The Bertz CT molecular complexity index is 982. The molecule has 2 aromatic rings. The van der Waals surface area contributed by atoms with E-state index in [4.69, 9.17) is 16.3 Å². The van der Waals surface area contributed by atoms with Crippen molar-refractivity contribution in [2.24, 2.45) is 0 Å². The van der Waals surface area contributed by atoms with E-state index in [1.54, 1.807) is 6.92 Å². The van der Waals surface area contributed by atoms with Crippen LogP contribution >= 0.6 is 11.6 Å². The molecule has 9 nitrogen and oxygen atoms in total. The number of carbonyl (C=O) groups is 3. The molecule has 2 rings (SSSR count). The van der Waals surface area contributed by atoms with Gasteiger partial charge < -0.3 is 15.4 Å². The van der Waals surface area contributed by atoms with Crippen molar-refractivity contribution in [3.8, 4) is 0 Å². The molecular formula is C18H15ClFN3O6. The number of amides is 2. The molecule has 2 amide bonds. The van der Waals surface area contributed by atoms with Crippen LogP contribution in [0.3, 0.4) is 0 Å². The number of nitro benzene ring substituents is 1. The number of carbonyl (C=O) groups excluding carboxylic acids is 3. The fourth-order valence-electron chi connectivity index (χ4n) is 2.11. The van der Waals surface area contributed by atoms with Crippen LogP contribution in [0, 0.1) is 22.9 Å². The zero-order valence-corrected chi connectivity index (χ0v) is 15.8. The number of nitrogens with zero attached hydrogens (tertiary/aromatic N) is 1. The molecule has 0 bridgehead atoms. The van der Waals surface area contributed by atoms with Crippen molar-refractivity contribution in [1.82, 2.24) is 5.32 Å². The number of nitrogens with one attached hydrogen (secondary N) is 2. The molecule has 0 aliphatic rings. The molecule has 0 atom stereocenters. The topological polar surface area (TPSA) is 128 Å². The Kier molecular flexibility index (Phi) is 7.21. The molecule has 11 heteroatoms. The molecule has 152 valence electrons. The largest absolute Gasteiger partial charge is 0.454 e. The number of aryl methyl sites for hydroxylation is 1. The Morgan fingerprint density at radius 1 is 1.21 bits per heavy atom. The molecule has 29 heavy (non-hydrogen) atoms. The van der Waals surface area contributed by atoms with E-state index < -0.39 is 47.4 Å². The fourth-order valence-corrected chi connectivity index (χ4v) is 2.30. The summed E-state index contributed by atoms with van der Waals surface area (Å²) in [5.41, 5.74) is 0.0853. The van der Waals surface area contributed by atoms with Crippen LogP contribution in [0.25, 0.3) is 0 Å². The number of anilines is 1. The van der Waals surface area contributed by atoms with Gasteiger partial charge in [-0.25, -0.2) is 4.39 Å². The van der Waals surface area contributed by atoms with Crippen LogP contribution in [-0.2, 0) is 14.3 Å². The van der Waals surface area contributed by atoms with E-state index in [0.29, 0.717) is 5.56 Å². The van der Waals surface area contributed by atoms with Gasteiger partial charge in [-0.15, -0.1) is 0 Å². The maximum Gasteiger partial charge on any atom is 0.325 e. The van der Waals surface area contributed by atoms with Crippen molar-refractivity contribution in [3.05, 3.63) is 68.5 Å². The van der Waals surface area contributed by atoms with Gasteiger partial charge in [-0.05, 0) is 36.8 Å². The Morgan fingerprint density at radius 3 is 2.59 bits per heavy atom. The van der Waals surface area contributed by atoms with Crippen molar-refractivity contribution in [2.75, 3.05) is 18.5 Å². The lowest BCUT2D eigenvalue weighted by Gasteiger charge is -2.08. The van der Waals surface area contributed by atoms with Crippen LogP contribution in [-0.4, -0.2) is 35.9 Å². The zero-order chi connectivity index (χ0) is 21.6. The number of halogens is 2. The number of rotatable bonds is 7. The Morgan fingerprint density at radius 2 is 1.93 bits per heavy atom. The van der Waals surface area contributed by atoms with Crippen molar-refractivity contribution in [1.29, 1.82) is 0 Å². The van der Waals surface area contributed by atoms with Crippen LogP contribution in [0.5, 0.6) is 0 Å². The molecule has 0 spiro atoms. The Hall–Kier alpha value is -3.53. The first-order valence-electron chi connectivity index (χ1n) is 8.11. The maximum absolute atomic E-state index is 13.4. The van der Waals surface area contributed by atoms with E-state index in [2.05, 4.69) is 10.6 Å². The number of hydrogen-bond acceptors (Lipinski definition) is 6. The second-order valence-electron chi connectivity index (χ2n) is 5.78. The predicted octanol–water partition coefficient (Wildman–Crippen LogP) is 2.61. The molecule has 0 heterocycles. The molecule has 0 unspecified atom stereocenters. The smallest absolute Gasteiger partial charge is 0.325 e. The third-order valence-electron chi connectivity index (χ3n) is 3.62. The van der Waals surface area contributed by atoms with Crippen molar-refractivity contribution in [2.45, 2.75) is 6.92 Å². The first-order chi connectivity index (χ1) is 13.7. The highest BCUT2D eigenvalue weighted by Crippen LogP contribution is 2.24. The van der Waals surface area contributed by atoms with Gasteiger partial charge in [-0.2, -0.15) is 0 Å². The predicted molar refractivity (Wildman–Crippen MR) is 101 cm³/mol. The fraction of sp³-hybridized carbons (Fsp3) is 0.167. The molecule has 0 saturated carbocycles. The SMILES string of the molecule is Cc1ccc(NC(=O)COC(=O)CNC(=O)c2ccc(Cl)c([N+](=O)[O-])c2)cc1F. The van der Waals surface area contributed by atoms with E-state index in [-0.39, 0.29) is 16.3 Å². The maximum atomic E-state index is 13.4. The molecule has 2 aromatic carbocycles. The first kappa shape index (κ1) is 21.8. The lowest BCUT2D eigenvalue weighted by Crippen LogP contribution is -2.32. The van der Waals surface area contributed by atoms with Crippen molar-refractivity contribution in [3.63, 3.8) is 0 Å². The summed E-state index contributed by atoms with van der Waals surface area (Å²) in [5, 5.41) is 15.3. The van der Waals surface area contributed by atoms with E-state index in [1.807, 2.05) is 0 Å². The van der Waals surface area contributed by atoms with Gasteiger partial charge in [0, 0.05) is 17.3 Å². The third kappa shape index (κ3) is 6.25. The minimum absolute atomic E-state index is 0.0759. The highest BCUT2D eigenvalue weighted by Gasteiger charge is 2.17. The average molecular weight is 424 g/mol. The average Bonchev–Trinajstić information content (AvgIpc) is 2.67. The van der Waals surface area contributed by atoms with Gasteiger partial charge in [0.1, 0.15) is 17.4 Å². The lowest BCUT2D eigenvalue weighted by atomic mass is 10.2. The molecule has 2 N–H and O–H groups in total. The summed E-state index contributed by atoms with van der Waals surface area (Å²) in [6, 6.07) is 7.50. The summed E-state index contributed by atoms with van der Waals surface area (Å²) in [5.74, 6) is -2.86. The third-order valence-corrected chi connectivity index (χ3v) is 3.94. The van der Waals surface area contributed by atoms with Gasteiger partial charge in [0.25, 0.3) is 17.5 Å². The van der Waals surface area contributed by atoms with E-state index >= 15 is 0 Å². The Balaban J connectivity index is 1.81. The van der Waals surface area contributed by atoms with E-state index in [9.17, 15) is 28.9 Å². The molecule has 0 fully saturated rings. The van der Waals surface area contributed by atoms with Gasteiger partial charge in [-0.1, -0.05) is 17.7 Å². The second-order valence-corrected chi connectivity index (χ2v) is 6.19. The lowest BCUT2D eigenvalue weighted by molar-refractivity contribution is -0.384. The van der Waals surface area contributed by atoms with Gasteiger partial charge in [0.2, 0.25) is 0 Å². The molecular weight excluding hydrogens is 409 g/mol. The Labute approximate surface area is 168 Å². The van der Waals surface area contributed by atoms with Crippen LogP contribution in [0.15, 0.2) is 36.4 Å². The second kappa shape index (κ2) is 9.60. The van der Waals surface area contributed by atoms with E-state index in [0.717, 1.165) is 12.1 Å². The first-order valence-corrected chi connectivity index (χ1v) is 8.49. The number of esters is 1. The summed E-state index contributed by atoms with van der Waals surface area (Å²) in [6.07, 6.45) is 0. The standard InChI is InChI=1S/C18H15ClFN3O6/c1-10-2-4-12(7-14(10)20)22-16(24)9-29-17(25)8-21-18(26)11-3-5-13(19)15(6-11)23(27)28/h2-7H,8-9H2,1H3,(H,21,26)(H,22,24). The van der Waals surface area contributed by atoms with Gasteiger partial charge in [0.15, 0.2) is 6.61 Å². The van der Waals surface area contributed by atoms with Gasteiger partial charge in [-0.3, -0.25) is 24.5 Å². The van der Waals surface area contributed by atoms with Crippen LogP contribution < -0.4 is 10.6 Å². The van der Waals surface area contributed by atoms with Crippen LogP contribution in [0.1, 0.15) is 15.9 Å². The number of benzene rings is 2. The highest BCUT2D eigenvalue weighted by atomic mass is 35.5. The molecule has 0 radical (unpaired) electrons. The number of ether oxygens (including phenoxy) is 1. The normalized spacial score (nSPS) is 10.2. The zero-order valence-electron chi connectivity index (χ0n) is 15.0. The van der Waals surface area contributed by atoms with E-state index in [1.165, 1.54) is 24.3 Å². The summed E-state index contributed by atoms with van der Waals surface area (Å²) in [4.78, 5) is 45.5. The van der Waals surface area contributed by atoms with Crippen molar-refractivity contribution >= 4 is 40.8 Å². The van der Waals surface area contributed by atoms with Crippen LogP contribution in [0.4, 0.5) is 15.8 Å². The summed E-state index contributed by atoms with van der Waals surface area (Å²) in [6.45, 7) is 0.359. The number of hydrogen-bond donors (Lipinski definition) is 2. The minimum Gasteiger partial charge on any atom is -0.454 e. The molecule has 0 aliphatic carbocycles. The van der Waals surface area contributed by atoms with Crippen LogP contribution in [0.2, 0.25) is 5.02 Å². The van der Waals surface area contributed by atoms with Crippen molar-refractivity contribution < 1.29 is 28.4 Å². The highest BCUT2D eigenvalue weighted by molar-refractivity contribution is 6.32. The van der Waals surface area contributed by atoms with Gasteiger partial charge in [0.05, 0.1) is 4.92 Å². The van der Waals surface area contributed by atoms with Gasteiger partial charge >= 0.3 is 5.97 Å². The summed E-state index contributed by atoms with van der Waals surface area (Å²) >= 11 is 5.66. The monoisotopic (exact) mass is 423 g/mol. The molecule has 0 aliphatic heterocycles. The quantitative estimate of drug-likeness (QED) is 0.400. The molecule has 0 aromatic heterocycles. The molecule has 0 saturated heterocycles. The minimum atomic E-state index is -0.910. The summed E-state index contributed by atoms with van der Waals surface area (Å²) in [7, 11) is 0.